The standard InChI is InChI=1S/C16H22N2O4S/c19-13(12-9-18-14(23-12)15-21-5-6-22-15)17-4-3-16(20)8-10-1-2-11(16)7-10/h9-11,15,20H,1-8H2,(H,17,19)/t10-,11-,16-/m0/s1. The summed E-state index contributed by atoms with van der Waals surface area (Å²) in [5, 5.41) is 14.3. The van der Waals surface area contributed by atoms with Gasteiger partial charge in [-0.2, -0.15) is 0 Å². The molecule has 23 heavy (non-hydrogen) atoms. The van der Waals surface area contributed by atoms with Crippen LogP contribution in [0.15, 0.2) is 6.20 Å². The second kappa shape index (κ2) is 6.12. The van der Waals surface area contributed by atoms with E-state index in [1.165, 1.54) is 17.8 Å². The van der Waals surface area contributed by atoms with E-state index in [0.29, 0.717) is 47.9 Å². The Balaban J connectivity index is 1.28. The highest BCUT2D eigenvalue weighted by atomic mass is 32.1. The van der Waals surface area contributed by atoms with Crippen molar-refractivity contribution in [2.45, 2.75) is 44.0 Å². The van der Waals surface area contributed by atoms with E-state index >= 15 is 0 Å². The number of thiazole rings is 1. The normalized spacial score (nSPS) is 33.4. The molecule has 1 saturated heterocycles. The van der Waals surface area contributed by atoms with Crippen molar-refractivity contribution in [3.63, 3.8) is 0 Å². The Kier molecular flexibility index (Phi) is 4.13. The number of aliphatic hydroxyl groups is 1. The Hall–Kier alpha value is -1.02. The zero-order valence-electron chi connectivity index (χ0n) is 13.0. The predicted molar refractivity (Wildman–Crippen MR) is 84.1 cm³/mol. The summed E-state index contributed by atoms with van der Waals surface area (Å²) in [5.41, 5.74) is -0.569. The molecule has 6 nitrogen and oxygen atoms in total. The SMILES string of the molecule is O=C(NCC[C@]1(O)C[C@H]2CC[C@H]1C2)c1cnc(C2OCCO2)s1. The van der Waals surface area contributed by atoms with Crippen LogP contribution in [0.25, 0.3) is 0 Å². The van der Waals surface area contributed by atoms with Crippen LogP contribution in [0.5, 0.6) is 0 Å². The first-order valence-electron chi connectivity index (χ1n) is 8.33. The van der Waals surface area contributed by atoms with Gasteiger partial charge in [0.25, 0.3) is 5.91 Å². The van der Waals surface area contributed by atoms with E-state index in [1.54, 1.807) is 6.20 Å². The first-order valence-corrected chi connectivity index (χ1v) is 9.15. The summed E-state index contributed by atoms with van der Waals surface area (Å²) >= 11 is 1.30. The van der Waals surface area contributed by atoms with Crippen LogP contribution in [0, 0.1) is 11.8 Å². The molecule has 1 aromatic heterocycles. The molecule has 1 amide bonds. The number of fused-ring (bicyclic) bond motifs is 2. The minimum absolute atomic E-state index is 0.140. The largest absolute Gasteiger partial charge is 0.390 e. The molecule has 1 aliphatic heterocycles. The lowest BCUT2D eigenvalue weighted by Gasteiger charge is -2.32. The number of nitrogens with one attached hydrogen (secondary N) is 1. The third-order valence-corrected chi connectivity index (χ3v) is 6.38. The van der Waals surface area contributed by atoms with E-state index in [4.69, 9.17) is 9.47 Å². The lowest BCUT2D eigenvalue weighted by Crippen LogP contribution is -2.39. The van der Waals surface area contributed by atoms with Gasteiger partial charge >= 0.3 is 0 Å². The smallest absolute Gasteiger partial charge is 0.263 e. The van der Waals surface area contributed by atoms with E-state index in [0.717, 1.165) is 19.3 Å². The molecule has 2 bridgehead atoms. The van der Waals surface area contributed by atoms with Gasteiger partial charge in [-0.25, -0.2) is 4.98 Å². The minimum Gasteiger partial charge on any atom is -0.390 e. The number of hydrogen-bond donors (Lipinski definition) is 2. The molecule has 126 valence electrons. The van der Waals surface area contributed by atoms with E-state index in [1.807, 2.05) is 0 Å². The van der Waals surface area contributed by atoms with Crippen LogP contribution in [-0.2, 0) is 9.47 Å². The molecule has 2 aliphatic carbocycles. The first kappa shape index (κ1) is 15.5. The molecular weight excluding hydrogens is 316 g/mol. The number of ether oxygens (including phenoxy) is 2. The van der Waals surface area contributed by atoms with Crippen LogP contribution in [0.1, 0.15) is 53.1 Å². The summed E-state index contributed by atoms with van der Waals surface area (Å²) < 4.78 is 10.8. The second-order valence-electron chi connectivity index (χ2n) is 6.83. The second-order valence-corrected chi connectivity index (χ2v) is 7.89. The molecule has 2 heterocycles. The fraction of sp³-hybridized carbons (Fsp3) is 0.750. The number of hydrogen-bond acceptors (Lipinski definition) is 6. The van der Waals surface area contributed by atoms with Gasteiger partial charge in [0.2, 0.25) is 6.29 Å². The van der Waals surface area contributed by atoms with Crippen LogP contribution in [0.3, 0.4) is 0 Å². The van der Waals surface area contributed by atoms with Gasteiger partial charge in [-0.3, -0.25) is 4.79 Å². The molecule has 3 atom stereocenters. The van der Waals surface area contributed by atoms with Gasteiger partial charge in [-0.15, -0.1) is 11.3 Å². The molecule has 3 aliphatic rings. The Bertz CT molecular complexity index is 586. The maximum absolute atomic E-state index is 12.2. The summed E-state index contributed by atoms with van der Waals surface area (Å²) in [7, 11) is 0. The summed E-state index contributed by atoms with van der Waals surface area (Å²) in [4.78, 5) is 17.0. The van der Waals surface area contributed by atoms with Crippen LogP contribution in [0.2, 0.25) is 0 Å². The van der Waals surface area contributed by atoms with Gasteiger partial charge in [-0.1, -0.05) is 0 Å². The van der Waals surface area contributed by atoms with E-state index in [9.17, 15) is 9.90 Å². The maximum atomic E-state index is 12.2. The van der Waals surface area contributed by atoms with Crippen molar-refractivity contribution in [2.75, 3.05) is 19.8 Å². The van der Waals surface area contributed by atoms with Crippen molar-refractivity contribution in [3.05, 3.63) is 16.1 Å². The molecule has 2 N–H and O–H groups in total. The lowest BCUT2D eigenvalue weighted by molar-refractivity contribution is -0.0442. The van der Waals surface area contributed by atoms with Gasteiger partial charge in [0, 0.05) is 6.54 Å². The predicted octanol–water partition coefficient (Wildman–Crippen LogP) is 1.86. The molecule has 0 aromatic carbocycles. The van der Waals surface area contributed by atoms with Crippen LogP contribution in [-0.4, -0.2) is 41.4 Å². The molecule has 2 saturated carbocycles. The fourth-order valence-corrected chi connectivity index (χ4v) is 5.04. The van der Waals surface area contributed by atoms with Crippen molar-refractivity contribution in [1.29, 1.82) is 0 Å². The third-order valence-electron chi connectivity index (χ3n) is 5.36. The molecule has 0 unspecified atom stereocenters. The Labute approximate surface area is 139 Å². The van der Waals surface area contributed by atoms with Gasteiger partial charge < -0.3 is 19.9 Å². The number of rotatable bonds is 5. The molecule has 0 radical (unpaired) electrons. The molecule has 4 rings (SSSR count). The highest BCUT2D eigenvalue weighted by Crippen LogP contribution is 2.51. The number of amides is 1. The Morgan fingerprint density at radius 3 is 2.96 bits per heavy atom. The fourth-order valence-electron chi connectivity index (χ4n) is 4.20. The minimum atomic E-state index is -0.569. The van der Waals surface area contributed by atoms with E-state index < -0.39 is 11.9 Å². The van der Waals surface area contributed by atoms with Crippen LogP contribution >= 0.6 is 11.3 Å². The highest BCUT2D eigenvalue weighted by molar-refractivity contribution is 7.13. The quantitative estimate of drug-likeness (QED) is 0.856. The average molecular weight is 338 g/mol. The number of aromatic nitrogens is 1. The first-order chi connectivity index (χ1) is 11.1. The molecule has 7 heteroatoms. The third kappa shape index (κ3) is 3.03. The van der Waals surface area contributed by atoms with Crippen molar-refractivity contribution in [2.24, 2.45) is 11.8 Å². The molecule has 1 aromatic rings. The van der Waals surface area contributed by atoms with Crippen molar-refractivity contribution in [3.8, 4) is 0 Å². The van der Waals surface area contributed by atoms with Gasteiger partial charge in [0.15, 0.2) is 0 Å². The summed E-state index contributed by atoms with van der Waals surface area (Å²) in [6.07, 6.45) is 6.21. The van der Waals surface area contributed by atoms with Gasteiger partial charge in [0.1, 0.15) is 9.88 Å². The monoisotopic (exact) mass is 338 g/mol. The van der Waals surface area contributed by atoms with Crippen molar-refractivity contribution in [1.82, 2.24) is 10.3 Å². The molecule has 0 spiro atoms. The summed E-state index contributed by atoms with van der Waals surface area (Å²) in [6.45, 7) is 1.63. The summed E-state index contributed by atoms with van der Waals surface area (Å²) in [5.74, 6) is 0.978. The van der Waals surface area contributed by atoms with Crippen molar-refractivity contribution < 1.29 is 19.4 Å². The van der Waals surface area contributed by atoms with Gasteiger partial charge in [0.05, 0.1) is 25.0 Å². The molecular formula is C16H22N2O4S. The molecule has 3 fully saturated rings. The average Bonchev–Trinajstić information content (AvgIpc) is 3.29. The summed E-state index contributed by atoms with van der Waals surface area (Å²) in [6, 6.07) is 0. The number of carbonyl (C=O) groups excluding carboxylic acids is 1. The van der Waals surface area contributed by atoms with Gasteiger partial charge in [-0.05, 0) is 43.9 Å². The van der Waals surface area contributed by atoms with Crippen LogP contribution < -0.4 is 5.32 Å². The van der Waals surface area contributed by atoms with E-state index in [-0.39, 0.29) is 5.91 Å². The Morgan fingerprint density at radius 1 is 1.43 bits per heavy atom. The van der Waals surface area contributed by atoms with Crippen molar-refractivity contribution >= 4 is 17.2 Å². The van der Waals surface area contributed by atoms with E-state index in [2.05, 4.69) is 10.3 Å². The maximum Gasteiger partial charge on any atom is 0.263 e. The lowest BCUT2D eigenvalue weighted by atomic mass is 9.82. The zero-order chi connectivity index (χ0) is 15.9. The van der Waals surface area contributed by atoms with Crippen LogP contribution in [0.4, 0.5) is 0 Å². The zero-order valence-corrected chi connectivity index (χ0v) is 13.8. The topological polar surface area (TPSA) is 80.7 Å². The number of nitrogens with zero attached hydrogens (tertiary/aromatic N) is 1. The Morgan fingerprint density at radius 2 is 2.26 bits per heavy atom. The number of carbonyl (C=O) groups is 1. The highest BCUT2D eigenvalue weighted by Gasteiger charge is 2.49.